The Balaban J connectivity index is 1.75. The Hall–Kier alpha value is -2.59. The largest absolute Gasteiger partial charge is 0.460 e. The molecule has 35 heavy (non-hydrogen) atoms. The molecular formula is C24H36BN5O5. The predicted molar refractivity (Wildman–Crippen MR) is 132 cm³/mol. The summed E-state index contributed by atoms with van der Waals surface area (Å²) in [5.74, 6) is -1.36. The molecule has 0 aromatic heterocycles. The maximum absolute atomic E-state index is 13.4. The van der Waals surface area contributed by atoms with Gasteiger partial charge in [0.25, 0.3) is 0 Å². The molecule has 1 amide bonds. The first kappa shape index (κ1) is 27.0. The summed E-state index contributed by atoms with van der Waals surface area (Å²) in [5.41, 5.74) is 13.6. The fourth-order valence-electron chi connectivity index (χ4n) is 4.61. The molecule has 2 N–H and O–H groups in total. The number of benzene rings is 1. The van der Waals surface area contributed by atoms with Crippen molar-refractivity contribution in [2.75, 3.05) is 13.1 Å². The van der Waals surface area contributed by atoms with Gasteiger partial charge in [-0.1, -0.05) is 41.9 Å². The fraction of sp³-hybridized carbons (Fsp3) is 0.667. The molecular weight excluding hydrogens is 449 g/mol. The number of carbonyl (C=O) groups excluding carboxylic acids is 2. The van der Waals surface area contributed by atoms with Crippen LogP contribution >= 0.6 is 0 Å². The lowest BCUT2D eigenvalue weighted by molar-refractivity contribution is -0.152. The van der Waals surface area contributed by atoms with Gasteiger partial charge in [-0.25, -0.2) is 0 Å². The van der Waals surface area contributed by atoms with Gasteiger partial charge in [0.15, 0.2) is 5.54 Å². The normalized spacial score (nSPS) is 25.7. The number of rotatable bonds is 9. The van der Waals surface area contributed by atoms with Crippen molar-refractivity contribution in [3.63, 3.8) is 0 Å². The average molecular weight is 485 g/mol. The van der Waals surface area contributed by atoms with Gasteiger partial charge in [-0.15, -0.1) is 0 Å². The molecule has 3 rings (SSSR count). The Bertz CT molecular complexity index is 950. The van der Waals surface area contributed by atoms with Crippen molar-refractivity contribution < 1.29 is 23.6 Å². The molecule has 2 aliphatic heterocycles. The minimum Gasteiger partial charge on any atom is -0.460 e. The molecule has 0 saturated carbocycles. The summed E-state index contributed by atoms with van der Waals surface area (Å²) in [4.78, 5) is 30.5. The smallest absolute Gasteiger partial charge is 0.457 e. The van der Waals surface area contributed by atoms with Crippen molar-refractivity contribution in [2.24, 2.45) is 16.8 Å². The molecule has 1 aromatic carbocycles. The molecule has 0 radical (unpaired) electrons. The Morgan fingerprint density at radius 3 is 2.46 bits per heavy atom. The van der Waals surface area contributed by atoms with Crippen LogP contribution in [0.15, 0.2) is 35.4 Å². The van der Waals surface area contributed by atoms with Crippen molar-refractivity contribution in [1.82, 2.24) is 4.90 Å². The van der Waals surface area contributed by atoms with Crippen LogP contribution in [0, 0.1) is 5.92 Å². The van der Waals surface area contributed by atoms with Crippen molar-refractivity contribution >= 4 is 19.0 Å². The molecule has 2 heterocycles. The van der Waals surface area contributed by atoms with Gasteiger partial charge < -0.3 is 24.7 Å². The van der Waals surface area contributed by atoms with Crippen LogP contribution in [0.4, 0.5) is 0 Å². The number of amides is 1. The maximum atomic E-state index is 13.4. The maximum Gasteiger partial charge on any atom is 0.457 e. The van der Waals surface area contributed by atoms with E-state index in [-0.39, 0.29) is 32.7 Å². The number of nitrogens with zero attached hydrogens (tertiary/aromatic N) is 4. The van der Waals surface area contributed by atoms with E-state index in [4.69, 9.17) is 19.8 Å². The van der Waals surface area contributed by atoms with Crippen LogP contribution in [-0.2, 0) is 30.2 Å². The third-order valence-corrected chi connectivity index (χ3v) is 7.33. The lowest BCUT2D eigenvalue weighted by Crippen LogP contribution is -2.47. The third kappa shape index (κ3) is 5.81. The van der Waals surface area contributed by atoms with E-state index < -0.39 is 34.7 Å². The summed E-state index contributed by atoms with van der Waals surface area (Å²) in [6, 6.07) is 8.53. The SMILES string of the molecule is C[C@H](N)C(=O)N1C[C@H](CCCB2OC(C)(C)C(C)(C)O2)C(N=[N+]=[N-])(C(=O)OCc2ccccc2)C1. The number of likely N-dealkylation sites (tertiary alicyclic amines) is 1. The summed E-state index contributed by atoms with van der Waals surface area (Å²) in [6.45, 7) is 9.82. The first-order valence-electron chi connectivity index (χ1n) is 12.1. The first-order chi connectivity index (χ1) is 16.4. The van der Waals surface area contributed by atoms with Crippen molar-refractivity contribution in [3.05, 3.63) is 46.3 Å². The summed E-state index contributed by atoms with van der Waals surface area (Å²) in [7, 11) is -0.373. The molecule has 1 unspecified atom stereocenters. The molecule has 2 aliphatic rings. The van der Waals surface area contributed by atoms with Gasteiger partial charge >= 0.3 is 13.1 Å². The number of esters is 1. The molecule has 0 bridgehead atoms. The molecule has 1 aromatic rings. The average Bonchev–Trinajstić information content (AvgIpc) is 3.26. The van der Waals surface area contributed by atoms with Gasteiger partial charge in [0.05, 0.1) is 17.2 Å². The topological polar surface area (TPSA) is 140 Å². The third-order valence-electron chi connectivity index (χ3n) is 7.33. The molecule has 0 spiro atoms. The standard InChI is InChI=1S/C24H36BN5O5/c1-17(26)20(31)30-14-19(12-9-13-25-34-22(2,3)23(4,5)35-25)24(16-30,28-29-27)21(32)33-15-18-10-7-6-8-11-18/h6-8,10-11,17,19H,9,12-16,26H2,1-5H3/t17-,19-,24?/m0/s1. The van der Waals surface area contributed by atoms with E-state index in [0.717, 1.165) is 5.56 Å². The second-order valence-corrected chi connectivity index (χ2v) is 10.5. The highest BCUT2D eigenvalue weighted by atomic mass is 16.7. The van der Waals surface area contributed by atoms with Gasteiger partial charge in [0.1, 0.15) is 6.61 Å². The predicted octanol–water partition coefficient (Wildman–Crippen LogP) is 3.46. The van der Waals surface area contributed by atoms with E-state index in [9.17, 15) is 15.1 Å². The highest BCUT2D eigenvalue weighted by molar-refractivity contribution is 6.45. The molecule has 2 fully saturated rings. The lowest BCUT2D eigenvalue weighted by Gasteiger charge is -2.32. The minimum atomic E-state index is -1.52. The molecule has 10 nitrogen and oxygen atoms in total. The van der Waals surface area contributed by atoms with Crippen LogP contribution in [0.2, 0.25) is 6.32 Å². The van der Waals surface area contributed by atoms with Gasteiger partial charge in [-0.2, -0.15) is 0 Å². The van der Waals surface area contributed by atoms with Crippen LogP contribution in [0.1, 0.15) is 53.0 Å². The molecule has 3 atom stereocenters. The van der Waals surface area contributed by atoms with Crippen LogP contribution in [-0.4, -0.2) is 59.8 Å². The zero-order valence-corrected chi connectivity index (χ0v) is 21.3. The van der Waals surface area contributed by atoms with Gasteiger partial charge in [0.2, 0.25) is 5.91 Å². The van der Waals surface area contributed by atoms with Crippen LogP contribution in [0.5, 0.6) is 0 Å². The van der Waals surface area contributed by atoms with E-state index in [1.165, 1.54) is 4.90 Å². The Labute approximate surface area is 207 Å². The van der Waals surface area contributed by atoms with Crippen molar-refractivity contribution in [3.8, 4) is 0 Å². The number of ether oxygens (including phenoxy) is 1. The number of nitrogens with two attached hydrogens (primary N) is 1. The Morgan fingerprint density at radius 2 is 1.89 bits per heavy atom. The van der Waals surface area contributed by atoms with Crippen LogP contribution in [0.25, 0.3) is 10.4 Å². The molecule has 0 aliphatic carbocycles. The van der Waals surface area contributed by atoms with Crippen LogP contribution in [0.3, 0.4) is 0 Å². The highest BCUT2D eigenvalue weighted by Crippen LogP contribution is 2.40. The molecule has 190 valence electrons. The fourth-order valence-corrected chi connectivity index (χ4v) is 4.61. The number of hydrogen-bond donors (Lipinski definition) is 1. The summed E-state index contributed by atoms with van der Waals surface area (Å²) < 4.78 is 17.8. The second-order valence-electron chi connectivity index (χ2n) is 10.5. The summed E-state index contributed by atoms with van der Waals surface area (Å²) in [6.07, 6.45) is 1.78. The highest BCUT2D eigenvalue weighted by Gasteiger charge is 2.55. The van der Waals surface area contributed by atoms with Crippen molar-refractivity contribution in [2.45, 2.75) is 83.2 Å². The van der Waals surface area contributed by atoms with E-state index in [2.05, 4.69) is 10.0 Å². The number of carbonyl (C=O) groups is 2. The monoisotopic (exact) mass is 485 g/mol. The zero-order chi connectivity index (χ0) is 25.9. The van der Waals surface area contributed by atoms with E-state index in [1.807, 2.05) is 58.0 Å². The Kier molecular flexibility index (Phi) is 8.16. The minimum absolute atomic E-state index is 0.0459. The van der Waals surface area contributed by atoms with E-state index in [0.29, 0.717) is 19.2 Å². The zero-order valence-electron chi connectivity index (χ0n) is 21.3. The van der Waals surface area contributed by atoms with Crippen molar-refractivity contribution in [1.29, 1.82) is 0 Å². The Morgan fingerprint density at radius 1 is 1.26 bits per heavy atom. The molecule has 11 heteroatoms. The quantitative estimate of drug-likeness (QED) is 0.187. The van der Waals surface area contributed by atoms with Crippen LogP contribution < -0.4 is 5.73 Å². The summed E-state index contributed by atoms with van der Waals surface area (Å²) >= 11 is 0. The summed E-state index contributed by atoms with van der Waals surface area (Å²) in [5, 5.41) is 3.95. The van der Waals surface area contributed by atoms with Gasteiger partial charge in [-0.05, 0) is 58.5 Å². The van der Waals surface area contributed by atoms with Gasteiger partial charge in [0, 0.05) is 23.9 Å². The number of azide groups is 1. The molecule has 2 saturated heterocycles. The number of hydrogen-bond acceptors (Lipinski definition) is 7. The van der Waals surface area contributed by atoms with E-state index >= 15 is 0 Å². The van der Waals surface area contributed by atoms with E-state index in [1.54, 1.807) is 6.92 Å². The lowest BCUT2D eigenvalue weighted by atomic mass is 9.78. The second kappa shape index (κ2) is 10.6. The van der Waals surface area contributed by atoms with Gasteiger partial charge in [-0.3, -0.25) is 9.59 Å². The first-order valence-corrected chi connectivity index (χ1v) is 12.1.